The summed E-state index contributed by atoms with van der Waals surface area (Å²) in [4.78, 5) is 30.7. The highest BCUT2D eigenvalue weighted by Gasteiger charge is 2.62. The zero-order valence-electron chi connectivity index (χ0n) is 31.5. The van der Waals surface area contributed by atoms with Crippen molar-refractivity contribution < 1.29 is 57.3 Å². The first-order valence-electron chi connectivity index (χ1n) is 17.1. The summed E-state index contributed by atoms with van der Waals surface area (Å²) in [6.45, 7) is 7.52. The second-order valence-corrected chi connectivity index (χ2v) is 15.6. The molecule has 2 aromatic rings. The van der Waals surface area contributed by atoms with Gasteiger partial charge in [-0.3, -0.25) is 9.80 Å². The van der Waals surface area contributed by atoms with Crippen molar-refractivity contribution in [3.8, 4) is 29.1 Å². The molecule has 300 valence electrons. The van der Waals surface area contributed by atoms with Gasteiger partial charge in [-0.1, -0.05) is 53.5 Å². The summed E-state index contributed by atoms with van der Waals surface area (Å²) in [5.41, 5.74) is 4.12. The molecule has 1 N–H and O–H groups in total. The number of carbonyl (C=O) groups excluding carboxylic acids is 2. The number of hydrogen-bond donors (Lipinski definition) is 1. The Balaban J connectivity index is 1.87. The van der Waals surface area contributed by atoms with Gasteiger partial charge < -0.3 is 47.7 Å². The van der Waals surface area contributed by atoms with Gasteiger partial charge in [0.15, 0.2) is 18.3 Å². The maximum atomic E-state index is 14.3. The molecule has 18 heteroatoms. The van der Waals surface area contributed by atoms with Crippen LogP contribution in [-0.2, 0) is 34.8 Å². The molecule has 1 unspecified atom stereocenters. The third-order valence-electron chi connectivity index (χ3n) is 10.0. The molecule has 3 heterocycles. The number of piperazine rings is 1. The van der Waals surface area contributed by atoms with E-state index in [1.54, 1.807) is 23.8 Å². The van der Waals surface area contributed by atoms with E-state index in [-0.39, 0.29) is 49.4 Å². The number of phenols is 1. The Bertz CT molecular complexity index is 1830. The average molecular weight is 829 g/mol. The number of carbonyl (C=O) groups is 2. The number of fused-ring (bicyclic) bond motifs is 7. The molecule has 6 atom stereocenters. The van der Waals surface area contributed by atoms with Crippen molar-refractivity contribution in [1.29, 1.82) is 5.26 Å². The summed E-state index contributed by atoms with van der Waals surface area (Å²) in [7, 11) is 5.84. The summed E-state index contributed by atoms with van der Waals surface area (Å²) >= 11 is 17.5. The van der Waals surface area contributed by atoms with Crippen LogP contribution in [0.5, 0.6) is 23.0 Å². The van der Waals surface area contributed by atoms with Crippen molar-refractivity contribution in [2.45, 2.75) is 67.3 Å². The molecule has 1 amide bonds. The number of phenolic OH excluding ortho intramolecular Hbond substituents is 1. The molecule has 2 bridgehead atoms. The predicted molar refractivity (Wildman–Crippen MR) is 199 cm³/mol. The first-order chi connectivity index (χ1) is 26.2. The van der Waals surface area contributed by atoms with Gasteiger partial charge in [0.1, 0.15) is 50.3 Å². The van der Waals surface area contributed by atoms with Crippen molar-refractivity contribution in [2.75, 3.05) is 61.8 Å². The molecule has 1 saturated heterocycles. The number of aryl methyl sites for hydroxylation is 1. The molecule has 3 aliphatic heterocycles. The van der Waals surface area contributed by atoms with Gasteiger partial charge in [0.2, 0.25) is 3.79 Å². The van der Waals surface area contributed by atoms with Gasteiger partial charge in [-0.25, -0.2) is 9.59 Å². The fourth-order valence-corrected chi connectivity index (χ4v) is 8.44. The normalized spacial score (nSPS) is 22.7. The van der Waals surface area contributed by atoms with Crippen LogP contribution in [0.15, 0.2) is 18.7 Å². The number of alkyl halides is 3. The van der Waals surface area contributed by atoms with Gasteiger partial charge in [0, 0.05) is 30.9 Å². The molecule has 0 aromatic heterocycles. The first kappa shape index (κ1) is 42.3. The van der Waals surface area contributed by atoms with E-state index in [4.69, 9.17) is 77.4 Å². The minimum absolute atomic E-state index is 0.0549. The molecular weight excluding hydrogens is 785 g/mol. The van der Waals surface area contributed by atoms with E-state index in [0.717, 1.165) is 22.3 Å². The van der Waals surface area contributed by atoms with Crippen molar-refractivity contribution in [3.05, 3.63) is 57.7 Å². The number of nitrogens with zero attached hydrogens (tertiary/aromatic N) is 3. The van der Waals surface area contributed by atoms with Gasteiger partial charge in [0.25, 0.3) is 0 Å². The van der Waals surface area contributed by atoms with E-state index >= 15 is 0 Å². The van der Waals surface area contributed by atoms with Gasteiger partial charge in [-0.05, 0) is 49.4 Å². The number of halogens is 3. The first-order valence-corrected chi connectivity index (χ1v) is 18.3. The number of benzene rings is 2. The number of hydrogen-bond acceptors (Lipinski definition) is 14. The van der Waals surface area contributed by atoms with Crippen LogP contribution in [-0.4, -0.2) is 111 Å². The Hall–Kier alpha value is -3.88. The van der Waals surface area contributed by atoms with E-state index in [1.807, 2.05) is 19.9 Å². The van der Waals surface area contributed by atoms with Crippen molar-refractivity contribution >= 4 is 47.1 Å². The predicted octanol–water partition coefficient (Wildman–Crippen LogP) is 6.42. The number of ether oxygens (including phenoxy) is 9. The molecule has 3 aliphatic rings. The Kier molecular flexibility index (Phi) is 13.5. The highest BCUT2D eigenvalue weighted by molar-refractivity contribution is 6.67. The lowest BCUT2D eigenvalue weighted by molar-refractivity contribution is -0.168. The molecule has 2 aromatic carbocycles. The average Bonchev–Trinajstić information content (AvgIpc) is 3.14. The molecule has 5 rings (SSSR count). The van der Waals surface area contributed by atoms with E-state index in [9.17, 15) is 20.0 Å². The summed E-state index contributed by atoms with van der Waals surface area (Å²) in [5, 5.41) is 23.2. The lowest BCUT2D eigenvalue weighted by Gasteiger charge is -2.61. The van der Waals surface area contributed by atoms with Crippen LogP contribution in [0.1, 0.15) is 57.1 Å². The van der Waals surface area contributed by atoms with E-state index in [0.29, 0.717) is 16.9 Å². The van der Waals surface area contributed by atoms with Crippen LogP contribution in [0.4, 0.5) is 9.59 Å². The largest absolute Gasteiger partial charge is 0.508 e. The molecule has 0 spiro atoms. The number of amides is 1. The Morgan fingerprint density at radius 1 is 0.982 bits per heavy atom. The molecule has 15 nitrogen and oxygen atoms in total. The molecular formula is C37H44Cl3N3O12. The van der Waals surface area contributed by atoms with Crippen molar-refractivity contribution in [3.63, 3.8) is 0 Å². The molecule has 1 fully saturated rings. The Morgan fingerprint density at radius 2 is 1.67 bits per heavy atom. The maximum Gasteiger partial charge on any atom is 0.508 e. The number of aromatic hydroxyl groups is 1. The quantitative estimate of drug-likeness (QED) is 0.102. The highest BCUT2D eigenvalue weighted by Crippen LogP contribution is 2.60. The zero-order valence-corrected chi connectivity index (χ0v) is 33.7. The molecule has 0 saturated carbocycles. The van der Waals surface area contributed by atoms with E-state index in [1.165, 1.54) is 27.4 Å². The summed E-state index contributed by atoms with van der Waals surface area (Å²) < 4.78 is 49.6. The molecule has 0 radical (unpaired) electrons. The third-order valence-corrected chi connectivity index (χ3v) is 10.4. The maximum absolute atomic E-state index is 14.3. The van der Waals surface area contributed by atoms with Crippen molar-refractivity contribution in [2.24, 2.45) is 0 Å². The smallest absolute Gasteiger partial charge is 0.504 e. The summed E-state index contributed by atoms with van der Waals surface area (Å²) in [6.07, 6.45) is -1.28. The van der Waals surface area contributed by atoms with Crippen LogP contribution in [0.2, 0.25) is 0 Å². The summed E-state index contributed by atoms with van der Waals surface area (Å²) in [6, 6.07) is -0.486. The topological polar surface area (TPSA) is 168 Å². The number of rotatable bonds is 13. The second-order valence-electron chi connectivity index (χ2n) is 13.1. The van der Waals surface area contributed by atoms with Gasteiger partial charge in [-0.15, -0.1) is 0 Å². The minimum atomic E-state index is -1.92. The van der Waals surface area contributed by atoms with Crippen molar-refractivity contribution in [1.82, 2.24) is 9.80 Å². The SMILES string of the molecule is C=CCOC(=O)N1[C@H]2c3c(cc(C)c(OC)c3C)C[C@H]1[C@H](C#N)N1C2[C@H](OCOC)c2c(OCOC)c(C)c(OC)c(O)c2[C@@H]1COC(=O)OCC(Cl)(Cl)Cl. The Labute approximate surface area is 334 Å². The monoisotopic (exact) mass is 827 g/mol. The second kappa shape index (κ2) is 17.5. The lowest BCUT2D eigenvalue weighted by atomic mass is 9.69. The minimum Gasteiger partial charge on any atom is -0.504 e. The fraction of sp³-hybridized carbons (Fsp3) is 0.541. The van der Waals surface area contributed by atoms with Crippen LogP contribution in [0, 0.1) is 32.1 Å². The molecule has 55 heavy (non-hydrogen) atoms. The standard InChI is InChI=1S/C37H44Cl3N3O12/c1-9-10-51-35(45)43-22-12-21-11-18(2)31(49-7)19(3)25(21)28(43)29-34(55-17-48-6)27-26(30(44)33(50-8)20(4)32(27)54-16-47-5)24(42(29)23(22)13-41)14-52-36(46)53-15-37(38,39)40/h9,11,22-24,28-29,34,44H,1,10,12,14-17H2,2-8H3/t22-,23-,24-,28-,29?,34+/m0/s1. The number of methoxy groups -OCH3 is 4. The fourth-order valence-electron chi connectivity index (χ4n) is 8.27. The van der Waals surface area contributed by atoms with E-state index < -0.39 is 65.6 Å². The zero-order chi connectivity index (χ0) is 40.4. The van der Waals surface area contributed by atoms with E-state index in [2.05, 4.69) is 12.6 Å². The van der Waals surface area contributed by atoms with Crippen LogP contribution < -0.4 is 14.2 Å². The van der Waals surface area contributed by atoms with Crippen LogP contribution in [0.25, 0.3) is 0 Å². The van der Waals surface area contributed by atoms with Gasteiger partial charge in [0.05, 0.1) is 44.5 Å². The van der Waals surface area contributed by atoms with Crippen LogP contribution in [0.3, 0.4) is 0 Å². The lowest BCUT2D eigenvalue weighted by Crippen LogP contribution is -2.71. The van der Waals surface area contributed by atoms with Gasteiger partial charge >= 0.3 is 12.2 Å². The summed E-state index contributed by atoms with van der Waals surface area (Å²) in [5.74, 6) is 0.562. The number of nitriles is 1. The van der Waals surface area contributed by atoms with Crippen LogP contribution >= 0.6 is 34.8 Å². The molecule has 0 aliphatic carbocycles. The highest BCUT2D eigenvalue weighted by atomic mass is 35.6. The Morgan fingerprint density at radius 3 is 2.27 bits per heavy atom. The van der Waals surface area contributed by atoms with Gasteiger partial charge in [-0.2, -0.15) is 5.26 Å². The third kappa shape index (κ3) is 7.91.